The van der Waals surface area contributed by atoms with E-state index in [2.05, 4.69) is 27.9 Å². The summed E-state index contributed by atoms with van der Waals surface area (Å²) in [6, 6.07) is 11.8. The third-order valence-electron chi connectivity index (χ3n) is 4.28. The van der Waals surface area contributed by atoms with E-state index in [1.165, 1.54) is 4.90 Å². The van der Waals surface area contributed by atoms with E-state index in [4.69, 9.17) is 27.9 Å². The maximum atomic E-state index is 13.0. The summed E-state index contributed by atoms with van der Waals surface area (Å²) in [5.41, 5.74) is 0.591. The molecule has 29 heavy (non-hydrogen) atoms. The second-order valence-electron chi connectivity index (χ2n) is 6.43. The van der Waals surface area contributed by atoms with Gasteiger partial charge in [0.1, 0.15) is 11.8 Å². The first kappa shape index (κ1) is 23.8. The number of benzene rings is 2. The van der Waals surface area contributed by atoms with E-state index in [1.54, 1.807) is 37.3 Å². The fourth-order valence-corrected chi connectivity index (χ4v) is 3.47. The van der Waals surface area contributed by atoms with Crippen molar-refractivity contribution in [2.24, 2.45) is 0 Å². The van der Waals surface area contributed by atoms with Crippen molar-refractivity contribution in [3.05, 3.63) is 61.6 Å². The third-order valence-corrected chi connectivity index (χ3v) is 5.71. The lowest BCUT2D eigenvalue weighted by Gasteiger charge is -2.29. The van der Waals surface area contributed by atoms with Gasteiger partial charge in [0.25, 0.3) is 5.91 Å². The topological polar surface area (TPSA) is 58.6 Å². The van der Waals surface area contributed by atoms with Gasteiger partial charge in [-0.15, -0.1) is 0 Å². The minimum absolute atomic E-state index is 0.105. The predicted octanol–water partition coefficient (Wildman–Crippen LogP) is 4.92. The maximum Gasteiger partial charge on any atom is 0.261 e. The van der Waals surface area contributed by atoms with Crippen molar-refractivity contribution in [1.29, 1.82) is 0 Å². The molecule has 0 unspecified atom stereocenters. The Labute approximate surface area is 194 Å². The van der Waals surface area contributed by atoms with Gasteiger partial charge < -0.3 is 15.0 Å². The zero-order chi connectivity index (χ0) is 21.4. The molecule has 1 atom stereocenters. The SMILES string of the molecule is CCCNC(=O)[C@H](C)N(Cc1c(Cl)cccc1Cl)C(=O)COc1ccc(I)cc1. The van der Waals surface area contributed by atoms with Crippen LogP contribution in [-0.2, 0) is 16.1 Å². The molecule has 5 nitrogen and oxygen atoms in total. The highest BCUT2D eigenvalue weighted by molar-refractivity contribution is 14.1. The molecular formula is C21H23Cl2IN2O3. The van der Waals surface area contributed by atoms with Crippen LogP contribution in [0.4, 0.5) is 0 Å². The number of halogens is 3. The van der Waals surface area contributed by atoms with Crippen LogP contribution in [0.25, 0.3) is 0 Å². The van der Waals surface area contributed by atoms with E-state index in [1.807, 2.05) is 19.1 Å². The lowest BCUT2D eigenvalue weighted by molar-refractivity contribution is -0.142. The molecule has 2 aromatic carbocycles. The molecule has 1 N–H and O–H groups in total. The number of nitrogens with one attached hydrogen (secondary N) is 1. The van der Waals surface area contributed by atoms with Crippen LogP contribution < -0.4 is 10.1 Å². The van der Waals surface area contributed by atoms with Gasteiger partial charge in [0.2, 0.25) is 5.91 Å². The molecule has 2 aromatic rings. The normalized spacial score (nSPS) is 11.6. The van der Waals surface area contributed by atoms with Crippen LogP contribution in [0.1, 0.15) is 25.8 Å². The average Bonchev–Trinajstić information content (AvgIpc) is 2.70. The molecule has 0 aliphatic rings. The highest BCUT2D eigenvalue weighted by Gasteiger charge is 2.27. The second-order valence-corrected chi connectivity index (χ2v) is 8.49. The Morgan fingerprint density at radius 3 is 2.34 bits per heavy atom. The molecule has 2 rings (SSSR count). The quantitative estimate of drug-likeness (QED) is 0.452. The molecule has 0 aliphatic carbocycles. The van der Waals surface area contributed by atoms with Crippen LogP contribution in [0.3, 0.4) is 0 Å². The summed E-state index contributed by atoms with van der Waals surface area (Å²) in [4.78, 5) is 26.9. The molecular weight excluding hydrogens is 526 g/mol. The van der Waals surface area contributed by atoms with E-state index in [0.29, 0.717) is 27.9 Å². The van der Waals surface area contributed by atoms with Gasteiger partial charge in [-0.3, -0.25) is 9.59 Å². The first-order valence-corrected chi connectivity index (χ1v) is 11.0. The molecule has 156 valence electrons. The molecule has 0 aromatic heterocycles. The zero-order valence-electron chi connectivity index (χ0n) is 16.3. The number of hydrogen-bond donors (Lipinski definition) is 1. The van der Waals surface area contributed by atoms with E-state index in [9.17, 15) is 9.59 Å². The fraction of sp³-hybridized carbons (Fsp3) is 0.333. The number of amides is 2. The van der Waals surface area contributed by atoms with Crippen molar-refractivity contribution in [3.8, 4) is 5.75 Å². The van der Waals surface area contributed by atoms with E-state index < -0.39 is 6.04 Å². The highest BCUT2D eigenvalue weighted by atomic mass is 127. The maximum absolute atomic E-state index is 13.0. The molecule has 0 spiro atoms. The number of nitrogens with zero attached hydrogens (tertiary/aromatic N) is 1. The monoisotopic (exact) mass is 548 g/mol. The van der Waals surface area contributed by atoms with Crippen LogP contribution in [0.15, 0.2) is 42.5 Å². The zero-order valence-corrected chi connectivity index (χ0v) is 19.9. The third kappa shape index (κ3) is 7.04. The Kier molecular flexibility index (Phi) is 9.52. The Bertz CT molecular complexity index is 826. The van der Waals surface area contributed by atoms with Crippen molar-refractivity contribution in [2.75, 3.05) is 13.2 Å². The first-order chi connectivity index (χ1) is 13.8. The van der Waals surface area contributed by atoms with Gasteiger partial charge in [0.05, 0.1) is 0 Å². The van der Waals surface area contributed by atoms with Gasteiger partial charge in [0.15, 0.2) is 6.61 Å². The van der Waals surface area contributed by atoms with Gasteiger partial charge in [-0.2, -0.15) is 0 Å². The van der Waals surface area contributed by atoms with Crippen LogP contribution in [0.2, 0.25) is 10.0 Å². The number of rotatable bonds is 9. The molecule has 2 amide bonds. The van der Waals surface area contributed by atoms with Crippen LogP contribution in [0.5, 0.6) is 5.75 Å². The minimum Gasteiger partial charge on any atom is -0.484 e. The molecule has 0 fully saturated rings. The summed E-state index contributed by atoms with van der Waals surface area (Å²) >= 11 is 14.8. The lowest BCUT2D eigenvalue weighted by atomic mass is 10.1. The fourth-order valence-electron chi connectivity index (χ4n) is 2.59. The number of hydrogen-bond acceptors (Lipinski definition) is 3. The summed E-state index contributed by atoms with van der Waals surface area (Å²) < 4.78 is 6.69. The molecule has 8 heteroatoms. The van der Waals surface area contributed by atoms with Gasteiger partial charge in [-0.05, 0) is 72.3 Å². The summed E-state index contributed by atoms with van der Waals surface area (Å²) in [6.45, 7) is 4.09. The van der Waals surface area contributed by atoms with Crippen molar-refractivity contribution in [2.45, 2.75) is 32.9 Å². The molecule has 0 aliphatic heterocycles. The van der Waals surface area contributed by atoms with Crippen molar-refractivity contribution in [1.82, 2.24) is 10.2 Å². The second kappa shape index (κ2) is 11.6. The number of carbonyl (C=O) groups is 2. The van der Waals surface area contributed by atoms with Gasteiger partial charge >= 0.3 is 0 Å². The molecule has 0 heterocycles. The summed E-state index contributed by atoms with van der Waals surface area (Å²) in [7, 11) is 0. The van der Waals surface area contributed by atoms with Gasteiger partial charge in [0, 0.05) is 32.3 Å². The van der Waals surface area contributed by atoms with Gasteiger partial charge in [-0.1, -0.05) is 36.2 Å². The van der Waals surface area contributed by atoms with Crippen molar-refractivity contribution in [3.63, 3.8) is 0 Å². The summed E-state index contributed by atoms with van der Waals surface area (Å²) in [5.74, 6) is 0.00825. The average molecular weight is 549 g/mol. The Hall–Kier alpha value is -1.51. The van der Waals surface area contributed by atoms with Crippen LogP contribution >= 0.6 is 45.8 Å². The van der Waals surface area contributed by atoms with Crippen LogP contribution in [0, 0.1) is 3.57 Å². The van der Waals surface area contributed by atoms with Crippen molar-refractivity contribution >= 4 is 57.6 Å². The van der Waals surface area contributed by atoms with E-state index in [-0.39, 0.29) is 25.0 Å². The Morgan fingerprint density at radius 1 is 1.14 bits per heavy atom. The highest BCUT2D eigenvalue weighted by Crippen LogP contribution is 2.26. The van der Waals surface area contributed by atoms with E-state index in [0.717, 1.165) is 9.99 Å². The predicted molar refractivity (Wildman–Crippen MR) is 124 cm³/mol. The smallest absolute Gasteiger partial charge is 0.261 e. The van der Waals surface area contributed by atoms with Crippen molar-refractivity contribution < 1.29 is 14.3 Å². The standard InChI is InChI=1S/C21H23Cl2IN2O3/c1-3-11-25-21(28)14(2)26(12-17-18(22)5-4-6-19(17)23)20(27)13-29-16-9-7-15(24)8-10-16/h4-10,14H,3,11-13H2,1-2H3,(H,25,28)/t14-/m0/s1. The summed E-state index contributed by atoms with van der Waals surface area (Å²) in [6.07, 6.45) is 0.804. The lowest BCUT2D eigenvalue weighted by Crippen LogP contribution is -2.49. The van der Waals surface area contributed by atoms with E-state index >= 15 is 0 Å². The summed E-state index contributed by atoms with van der Waals surface area (Å²) in [5, 5.41) is 3.70. The number of carbonyl (C=O) groups excluding carboxylic acids is 2. The Morgan fingerprint density at radius 2 is 1.76 bits per heavy atom. The minimum atomic E-state index is -0.707. The molecule has 0 radical (unpaired) electrons. The first-order valence-electron chi connectivity index (χ1n) is 9.22. The molecule has 0 saturated heterocycles. The van der Waals surface area contributed by atoms with Crippen LogP contribution in [-0.4, -0.2) is 35.9 Å². The number of ether oxygens (including phenoxy) is 1. The largest absolute Gasteiger partial charge is 0.484 e. The Balaban J connectivity index is 2.19. The molecule has 0 bridgehead atoms. The van der Waals surface area contributed by atoms with Gasteiger partial charge in [-0.25, -0.2) is 0 Å². The molecule has 0 saturated carbocycles.